The third-order valence-electron chi connectivity index (χ3n) is 0.827. The average molecular weight is 233 g/mol. The van der Waals surface area contributed by atoms with Crippen molar-refractivity contribution in [2.24, 2.45) is 5.92 Å². The summed E-state index contributed by atoms with van der Waals surface area (Å²) >= 11 is 0. The van der Waals surface area contributed by atoms with E-state index in [1.165, 1.54) is 12.8 Å². The number of ether oxygens (including phenoxy) is 1. The van der Waals surface area contributed by atoms with Gasteiger partial charge in [0.2, 0.25) is 0 Å². The zero-order valence-electron chi connectivity index (χ0n) is 7.61. The van der Waals surface area contributed by atoms with Crippen LogP contribution in [0.5, 0.6) is 0 Å². The number of halogens is 1. The second-order valence-electron chi connectivity index (χ2n) is 2.71. The quantitative estimate of drug-likeness (QED) is 0.381. The maximum absolute atomic E-state index is 4.94. The van der Waals surface area contributed by atoms with Gasteiger partial charge in [-0.25, -0.2) is 0 Å². The van der Waals surface area contributed by atoms with Crippen molar-refractivity contribution in [3.8, 4) is 0 Å². The maximum Gasteiger partial charge on any atom is 2.00 e. The van der Waals surface area contributed by atoms with Crippen molar-refractivity contribution in [1.29, 1.82) is 0 Å². The largest absolute Gasteiger partial charge is 2.00 e. The Labute approximate surface area is 97.2 Å². The Morgan fingerprint density at radius 1 is 1.18 bits per heavy atom. The second-order valence-corrected chi connectivity index (χ2v) is 2.71. The number of rotatable bonds is 0. The molecule has 1 saturated heterocycles. The van der Waals surface area contributed by atoms with E-state index in [1.54, 1.807) is 0 Å². The molecule has 0 unspecified atom stereocenters. The predicted octanol–water partition coefficient (Wildman–Crippen LogP) is -1.10. The molecule has 0 bridgehead atoms. The molecule has 0 aromatic heterocycles. The summed E-state index contributed by atoms with van der Waals surface area (Å²) in [6.07, 6.45) is 2.56. The predicted molar refractivity (Wildman–Crippen MR) is 46.0 cm³/mol. The van der Waals surface area contributed by atoms with Crippen LogP contribution in [0.3, 0.4) is 0 Å². The van der Waals surface area contributed by atoms with Gasteiger partial charge in [0.1, 0.15) is 0 Å². The average Bonchev–Trinajstić information content (AvgIpc) is 2.11. The molecule has 0 aliphatic carbocycles. The van der Waals surface area contributed by atoms with Gasteiger partial charge in [-0.2, -0.15) is 5.92 Å². The molecule has 1 rings (SSSR count). The van der Waals surface area contributed by atoms with Crippen molar-refractivity contribution in [2.45, 2.75) is 26.7 Å². The Hall–Kier alpha value is 1.21. The molecule has 3 heteroatoms. The van der Waals surface area contributed by atoms with Crippen LogP contribution in [-0.4, -0.2) is 36.3 Å². The normalized spacial score (nSPS) is 14.2. The molecule has 0 radical (unpaired) electrons. The van der Waals surface area contributed by atoms with Crippen LogP contribution < -0.4 is 17.0 Å². The van der Waals surface area contributed by atoms with Crippen molar-refractivity contribution in [3.05, 3.63) is 6.92 Å². The molecule has 1 nitrogen and oxygen atoms in total. The molecule has 0 N–H and O–H groups in total. The molecule has 0 saturated carbocycles. The van der Waals surface area contributed by atoms with Gasteiger partial charge in [-0.3, -0.25) is 0 Å². The van der Waals surface area contributed by atoms with E-state index in [0.29, 0.717) is 5.92 Å². The van der Waals surface area contributed by atoms with Crippen molar-refractivity contribution in [1.82, 2.24) is 0 Å². The Morgan fingerprint density at radius 3 is 1.55 bits per heavy atom. The van der Waals surface area contributed by atoms with E-state index in [2.05, 4.69) is 20.8 Å². The first-order valence-corrected chi connectivity index (χ1v) is 3.64. The summed E-state index contributed by atoms with van der Waals surface area (Å²) in [5.74, 6) is 0.583. The van der Waals surface area contributed by atoms with Crippen LogP contribution >= 0.6 is 0 Å². The maximum atomic E-state index is 4.94. The summed E-state index contributed by atoms with van der Waals surface area (Å²) in [6, 6.07) is 0. The molecule has 0 amide bonds. The summed E-state index contributed by atoms with van der Waals surface area (Å²) in [6.45, 7) is 9.75. The number of hydrogen-bond donors (Lipinski definition) is 0. The third-order valence-corrected chi connectivity index (χ3v) is 0.827. The van der Waals surface area contributed by atoms with Gasteiger partial charge in [-0.15, -0.1) is 0 Å². The SMILES string of the molecule is C1CCOC1.[Br-].[CH2-]C(C)C.[Mg+2]. The van der Waals surface area contributed by atoms with Gasteiger partial charge in [0.05, 0.1) is 0 Å². The summed E-state index contributed by atoms with van der Waals surface area (Å²) in [5.41, 5.74) is 0. The molecule has 1 heterocycles. The van der Waals surface area contributed by atoms with E-state index in [0.717, 1.165) is 13.2 Å². The fourth-order valence-corrected chi connectivity index (χ4v) is 0.510. The Morgan fingerprint density at radius 2 is 1.45 bits per heavy atom. The van der Waals surface area contributed by atoms with E-state index in [1.807, 2.05) is 0 Å². The Kier molecular flexibility index (Phi) is 22.6. The zero-order valence-corrected chi connectivity index (χ0v) is 10.6. The molecule has 11 heavy (non-hydrogen) atoms. The molecular formula is C8H17BrMgO. The van der Waals surface area contributed by atoms with Gasteiger partial charge < -0.3 is 28.6 Å². The van der Waals surface area contributed by atoms with Crippen molar-refractivity contribution >= 4 is 23.1 Å². The van der Waals surface area contributed by atoms with Gasteiger partial charge in [-0.05, 0) is 12.8 Å². The zero-order chi connectivity index (χ0) is 7.11. The molecule has 1 fully saturated rings. The topological polar surface area (TPSA) is 9.23 Å². The van der Waals surface area contributed by atoms with Crippen LogP contribution in [0, 0.1) is 12.8 Å². The molecule has 0 aromatic rings. The van der Waals surface area contributed by atoms with Crippen molar-refractivity contribution in [2.75, 3.05) is 13.2 Å². The molecular weight excluding hydrogens is 216 g/mol. The van der Waals surface area contributed by atoms with Crippen LogP contribution in [0.25, 0.3) is 0 Å². The third kappa shape index (κ3) is 24.7. The van der Waals surface area contributed by atoms with Gasteiger partial charge >= 0.3 is 23.1 Å². The van der Waals surface area contributed by atoms with Gasteiger partial charge in [0, 0.05) is 13.2 Å². The Balaban J connectivity index is -0.000000101. The van der Waals surface area contributed by atoms with Gasteiger partial charge in [-0.1, -0.05) is 13.8 Å². The summed E-state index contributed by atoms with van der Waals surface area (Å²) in [5, 5.41) is 0. The summed E-state index contributed by atoms with van der Waals surface area (Å²) in [4.78, 5) is 0. The van der Waals surface area contributed by atoms with Crippen LogP contribution in [-0.2, 0) is 4.74 Å². The van der Waals surface area contributed by atoms with Crippen LogP contribution in [0.4, 0.5) is 0 Å². The first-order valence-electron chi connectivity index (χ1n) is 3.64. The van der Waals surface area contributed by atoms with E-state index < -0.39 is 0 Å². The minimum absolute atomic E-state index is 0. The van der Waals surface area contributed by atoms with Gasteiger partial charge in [0.15, 0.2) is 0 Å². The fourth-order valence-electron chi connectivity index (χ4n) is 0.510. The minimum Gasteiger partial charge on any atom is -1.00 e. The molecule has 0 atom stereocenters. The van der Waals surface area contributed by atoms with Gasteiger partial charge in [0.25, 0.3) is 0 Å². The smallest absolute Gasteiger partial charge is 1.00 e. The summed E-state index contributed by atoms with van der Waals surface area (Å²) in [7, 11) is 0. The van der Waals surface area contributed by atoms with Crippen molar-refractivity contribution in [3.63, 3.8) is 0 Å². The molecule has 64 valence electrons. The molecule has 0 spiro atoms. The first kappa shape index (κ1) is 18.1. The van der Waals surface area contributed by atoms with Crippen LogP contribution in [0.1, 0.15) is 26.7 Å². The fraction of sp³-hybridized carbons (Fsp3) is 0.875. The van der Waals surface area contributed by atoms with E-state index >= 15 is 0 Å². The number of hydrogen-bond acceptors (Lipinski definition) is 1. The molecule has 1 aliphatic rings. The monoisotopic (exact) mass is 232 g/mol. The van der Waals surface area contributed by atoms with E-state index in [-0.39, 0.29) is 40.0 Å². The standard InChI is InChI=1S/C4H8O.C4H9.BrH.Mg/c1-2-4-5-3-1;1-4(2)3;;/h1-4H2;4H,1H2,2-3H3;1H;/q;-1;;+2/p-1. The van der Waals surface area contributed by atoms with Crippen LogP contribution in [0.15, 0.2) is 0 Å². The van der Waals surface area contributed by atoms with E-state index in [9.17, 15) is 0 Å². The van der Waals surface area contributed by atoms with Crippen LogP contribution in [0.2, 0.25) is 0 Å². The molecule has 0 aromatic carbocycles. The first-order chi connectivity index (χ1) is 4.23. The summed E-state index contributed by atoms with van der Waals surface area (Å²) < 4.78 is 4.94. The van der Waals surface area contributed by atoms with E-state index in [4.69, 9.17) is 4.74 Å². The minimum atomic E-state index is 0. The Bertz CT molecular complexity index is 45.7. The van der Waals surface area contributed by atoms with Crippen molar-refractivity contribution < 1.29 is 21.7 Å². The second kappa shape index (κ2) is 13.8. The molecule has 1 aliphatic heterocycles.